The molecule has 6 nitrogen and oxygen atoms in total. The van der Waals surface area contributed by atoms with E-state index in [0.717, 1.165) is 29.9 Å². The van der Waals surface area contributed by atoms with E-state index >= 15 is 0 Å². The van der Waals surface area contributed by atoms with Crippen molar-refractivity contribution in [2.24, 2.45) is 0 Å². The number of amides is 4. The van der Waals surface area contributed by atoms with Gasteiger partial charge < -0.3 is 10.6 Å². The molecule has 1 aliphatic carbocycles. The van der Waals surface area contributed by atoms with E-state index in [4.69, 9.17) is 0 Å². The van der Waals surface area contributed by atoms with Crippen molar-refractivity contribution in [1.29, 1.82) is 0 Å². The molecule has 0 radical (unpaired) electrons. The van der Waals surface area contributed by atoms with E-state index in [1.807, 2.05) is 0 Å². The van der Waals surface area contributed by atoms with Crippen molar-refractivity contribution < 1.29 is 27.6 Å². The number of halogens is 3. The van der Waals surface area contributed by atoms with E-state index in [1.54, 1.807) is 6.92 Å². The van der Waals surface area contributed by atoms with Gasteiger partial charge in [0.2, 0.25) is 5.91 Å². The SMILES string of the molecule is C[C@H](NC(=O)CCN1C(=O)NC2(CCCC2)C1=O)c1cccc(C(F)(F)F)c1. The maximum Gasteiger partial charge on any atom is 0.416 e. The molecule has 0 bridgehead atoms. The predicted molar refractivity (Wildman–Crippen MR) is 94.1 cm³/mol. The maximum atomic E-state index is 12.8. The van der Waals surface area contributed by atoms with Crippen LogP contribution in [0.3, 0.4) is 0 Å². The van der Waals surface area contributed by atoms with E-state index < -0.39 is 35.3 Å². The van der Waals surface area contributed by atoms with Crippen LogP contribution in [-0.2, 0) is 15.8 Å². The second-order valence-electron chi connectivity index (χ2n) is 7.34. The molecule has 1 atom stereocenters. The van der Waals surface area contributed by atoms with Gasteiger partial charge >= 0.3 is 12.2 Å². The summed E-state index contributed by atoms with van der Waals surface area (Å²) in [4.78, 5) is 37.9. The molecule has 3 rings (SSSR count). The Hall–Kier alpha value is -2.58. The third-order valence-corrected chi connectivity index (χ3v) is 5.36. The average molecular weight is 397 g/mol. The van der Waals surface area contributed by atoms with Gasteiger partial charge in [0.15, 0.2) is 0 Å². The summed E-state index contributed by atoms with van der Waals surface area (Å²) >= 11 is 0. The first-order valence-electron chi connectivity index (χ1n) is 9.23. The Kier molecular flexibility index (Phi) is 5.36. The highest BCUT2D eigenvalue weighted by molar-refractivity contribution is 6.07. The molecule has 1 aromatic rings. The molecule has 9 heteroatoms. The number of nitrogens with zero attached hydrogens (tertiary/aromatic N) is 1. The molecule has 28 heavy (non-hydrogen) atoms. The van der Waals surface area contributed by atoms with Crippen molar-refractivity contribution in [3.05, 3.63) is 35.4 Å². The smallest absolute Gasteiger partial charge is 0.350 e. The molecule has 1 saturated heterocycles. The first-order chi connectivity index (χ1) is 13.1. The summed E-state index contributed by atoms with van der Waals surface area (Å²) < 4.78 is 38.5. The Morgan fingerprint density at radius 3 is 2.61 bits per heavy atom. The monoisotopic (exact) mass is 397 g/mol. The van der Waals surface area contributed by atoms with Gasteiger partial charge in [0.1, 0.15) is 5.54 Å². The van der Waals surface area contributed by atoms with Gasteiger partial charge in [-0.25, -0.2) is 4.79 Å². The lowest BCUT2D eigenvalue weighted by atomic mass is 9.98. The van der Waals surface area contributed by atoms with Gasteiger partial charge in [0.25, 0.3) is 5.91 Å². The minimum atomic E-state index is -4.46. The molecule has 4 amide bonds. The summed E-state index contributed by atoms with van der Waals surface area (Å²) in [6.45, 7) is 1.52. The lowest BCUT2D eigenvalue weighted by molar-refractivity contribution is -0.137. The third-order valence-electron chi connectivity index (χ3n) is 5.36. The molecule has 152 valence electrons. The zero-order valence-electron chi connectivity index (χ0n) is 15.4. The number of hydrogen-bond donors (Lipinski definition) is 2. The number of benzene rings is 1. The Morgan fingerprint density at radius 2 is 1.96 bits per heavy atom. The number of imide groups is 1. The Balaban J connectivity index is 1.56. The molecule has 1 aliphatic heterocycles. The number of nitrogens with one attached hydrogen (secondary N) is 2. The lowest BCUT2D eigenvalue weighted by Crippen LogP contribution is -2.44. The molecular weight excluding hydrogens is 375 g/mol. The van der Waals surface area contributed by atoms with Crippen molar-refractivity contribution in [2.45, 2.75) is 56.8 Å². The highest BCUT2D eigenvalue weighted by atomic mass is 19.4. The standard InChI is InChI=1S/C19H22F3N3O3/c1-12(13-5-4-6-14(11-13)19(20,21)22)23-15(26)7-10-25-16(27)18(24-17(25)28)8-2-3-9-18/h4-6,11-12H,2-3,7-10H2,1H3,(H,23,26)(H,24,28)/t12-/m0/s1. The number of urea groups is 1. The van der Waals surface area contributed by atoms with Gasteiger partial charge in [-0.1, -0.05) is 25.0 Å². The molecular formula is C19H22F3N3O3. The molecule has 1 heterocycles. The van der Waals surface area contributed by atoms with Crippen LogP contribution in [0.1, 0.15) is 56.2 Å². The zero-order valence-corrected chi connectivity index (χ0v) is 15.4. The number of rotatable bonds is 5. The van der Waals surface area contributed by atoms with Crippen molar-refractivity contribution in [3.63, 3.8) is 0 Å². The molecule has 2 aliphatic rings. The summed E-state index contributed by atoms with van der Waals surface area (Å²) in [7, 11) is 0. The van der Waals surface area contributed by atoms with Gasteiger partial charge in [-0.2, -0.15) is 13.2 Å². The first kappa shape index (κ1) is 20.2. The Bertz CT molecular complexity index is 788. The highest BCUT2D eigenvalue weighted by Gasteiger charge is 2.52. The van der Waals surface area contributed by atoms with Crippen LogP contribution in [0.2, 0.25) is 0 Å². The van der Waals surface area contributed by atoms with E-state index in [-0.39, 0.29) is 18.9 Å². The van der Waals surface area contributed by atoms with E-state index in [9.17, 15) is 27.6 Å². The first-order valence-corrected chi connectivity index (χ1v) is 9.23. The molecule has 1 saturated carbocycles. The van der Waals surface area contributed by atoms with Gasteiger partial charge in [0, 0.05) is 13.0 Å². The quantitative estimate of drug-likeness (QED) is 0.750. The normalized spacial score (nSPS) is 19.8. The predicted octanol–water partition coefficient (Wildman–Crippen LogP) is 3.14. The van der Waals surface area contributed by atoms with Gasteiger partial charge in [-0.05, 0) is 37.5 Å². The van der Waals surface area contributed by atoms with Crippen LogP contribution in [0.15, 0.2) is 24.3 Å². The third kappa shape index (κ3) is 3.98. The second-order valence-corrected chi connectivity index (χ2v) is 7.34. The van der Waals surface area contributed by atoms with Crippen LogP contribution in [0.5, 0.6) is 0 Å². The molecule has 0 unspecified atom stereocenters. The number of carbonyl (C=O) groups excluding carboxylic acids is 3. The summed E-state index contributed by atoms with van der Waals surface area (Å²) in [5, 5.41) is 5.35. The largest absolute Gasteiger partial charge is 0.416 e. The minimum absolute atomic E-state index is 0.0619. The maximum absolute atomic E-state index is 12.8. The van der Waals surface area contributed by atoms with Crippen LogP contribution in [0.25, 0.3) is 0 Å². The van der Waals surface area contributed by atoms with Crippen molar-refractivity contribution >= 4 is 17.8 Å². The van der Waals surface area contributed by atoms with Gasteiger partial charge in [-0.3, -0.25) is 14.5 Å². The van der Waals surface area contributed by atoms with E-state index in [2.05, 4.69) is 10.6 Å². The number of alkyl halides is 3. The van der Waals surface area contributed by atoms with Gasteiger partial charge in [-0.15, -0.1) is 0 Å². The van der Waals surface area contributed by atoms with Crippen LogP contribution >= 0.6 is 0 Å². The summed E-state index contributed by atoms with van der Waals surface area (Å²) in [5.74, 6) is -0.744. The topological polar surface area (TPSA) is 78.5 Å². The molecule has 2 N–H and O–H groups in total. The summed E-state index contributed by atoms with van der Waals surface area (Å²) in [5.41, 5.74) is -1.28. The molecule has 1 spiro atoms. The minimum Gasteiger partial charge on any atom is -0.350 e. The Labute approximate surface area is 160 Å². The lowest BCUT2D eigenvalue weighted by Gasteiger charge is -2.20. The van der Waals surface area contributed by atoms with Crippen LogP contribution in [-0.4, -0.2) is 34.8 Å². The number of carbonyl (C=O) groups is 3. The van der Waals surface area contributed by atoms with Crippen LogP contribution < -0.4 is 10.6 Å². The summed E-state index contributed by atoms with van der Waals surface area (Å²) in [6.07, 6.45) is -1.62. The highest BCUT2D eigenvalue weighted by Crippen LogP contribution is 2.35. The fourth-order valence-corrected chi connectivity index (χ4v) is 3.79. The molecule has 2 fully saturated rings. The fraction of sp³-hybridized carbons (Fsp3) is 0.526. The summed E-state index contributed by atoms with van der Waals surface area (Å²) in [6, 6.07) is 3.61. The van der Waals surface area contributed by atoms with Crippen molar-refractivity contribution in [2.75, 3.05) is 6.54 Å². The molecule has 1 aromatic carbocycles. The van der Waals surface area contributed by atoms with Crippen LogP contribution in [0.4, 0.5) is 18.0 Å². The Morgan fingerprint density at radius 1 is 1.29 bits per heavy atom. The average Bonchev–Trinajstić information content (AvgIpc) is 3.18. The number of hydrogen-bond acceptors (Lipinski definition) is 3. The molecule has 0 aromatic heterocycles. The fourth-order valence-electron chi connectivity index (χ4n) is 3.79. The van der Waals surface area contributed by atoms with Gasteiger partial charge in [0.05, 0.1) is 11.6 Å². The van der Waals surface area contributed by atoms with Crippen molar-refractivity contribution in [3.8, 4) is 0 Å². The van der Waals surface area contributed by atoms with Crippen molar-refractivity contribution in [1.82, 2.24) is 15.5 Å². The second kappa shape index (κ2) is 7.44. The zero-order chi connectivity index (χ0) is 20.5. The van der Waals surface area contributed by atoms with E-state index in [0.29, 0.717) is 18.4 Å². The van der Waals surface area contributed by atoms with E-state index in [1.165, 1.54) is 12.1 Å². The van der Waals surface area contributed by atoms with Crippen LogP contribution in [0, 0.1) is 0 Å².